The van der Waals surface area contributed by atoms with Gasteiger partial charge in [0.1, 0.15) is 5.82 Å². The second-order valence-corrected chi connectivity index (χ2v) is 9.40. The smallest absolute Gasteiger partial charge is 0.254 e. The molecule has 3 N–H and O–H groups in total. The van der Waals surface area contributed by atoms with E-state index in [9.17, 15) is 9.59 Å². The Balaban J connectivity index is 1.06. The lowest BCUT2D eigenvalue weighted by Gasteiger charge is -2.18. The molecule has 8 heteroatoms. The van der Waals surface area contributed by atoms with Gasteiger partial charge in [-0.15, -0.1) is 0 Å². The van der Waals surface area contributed by atoms with Gasteiger partial charge in [0.25, 0.3) is 5.91 Å². The van der Waals surface area contributed by atoms with E-state index in [0.717, 1.165) is 48.2 Å². The van der Waals surface area contributed by atoms with Crippen molar-refractivity contribution in [3.05, 3.63) is 76.7 Å². The van der Waals surface area contributed by atoms with Gasteiger partial charge in [0.05, 0.1) is 24.3 Å². The molecule has 2 aromatic heterocycles. The summed E-state index contributed by atoms with van der Waals surface area (Å²) in [5, 5.41) is 7.46. The maximum Gasteiger partial charge on any atom is 0.254 e. The van der Waals surface area contributed by atoms with Crippen molar-refractivity contribution in [3.63, 3.8) is 0 Å². The van der Waals surface area contributed by atoms with Crippen molar-refractivity contribution in [2.75, 3.05) is 12.3 Å². The highest BCUT2D eigenvalue weighted by molar-refractivity contribution is 5.94. The van der Waals surface area contributed by atoms with Crippen LogP contribution < -0.4 is 11.1 Å². The van der Waals surface area contributed by atoms with E-state index < -0.39 is 0 Å². The van der Waals surface area contributed by atoms with Crippen LogP contribution >= 0.6 is 0 Å². The van der Waals surface area contributed by atoms with Crippen molar-refractivity contribution in [1.82, 2.24) is 25.0 Å². The summed E-state index contributed by atoms with van der Waals surface area (Å²) in [4.78, 5) is 31.3. The Morgan fingerprint density at radius 3 is 2.67 bits per heavy atom. The summed E-state index contributed by atoms with van der Waals surface area (Å²) in [6, 6.07) is 11.9. The topological polar surface area (TPSA) is 106 Å². The number of anilines is 1. The summed E-state index contributed by atoms with van der Waals surface area (Å²) < 4.78 is 1.77. The second-order valence-electron chi connectivity index (χ2n) is 9.40. The van der Waals surface area contributed by atoms with E-state index in [2.05, 4.69) is 39.7 Å². The van der Waals surface area contributed by atoms with Crippen molar-refractivity contribution >= 4 is 17.6 Å². The van der Waals surface area contributed by atoms with Crippen molar-refractivity contribution in [3.8, 4) is 0 Å². The first-order valence-corrected chi connectivity index (χ1v) is 11.5. The van der Waals surface area contributed by atoms with Crippen LogP contribution in [-0.2, 0) is 24.3 Å². The second kappa shape index (κ2) is 7.72. The molecule has 1 aromatic carbocycles. The molecule has 0 radical (unpaired) electrons. The average molecular weight is 443 g/mol. The molecule has 8 nitrogen and oxygen atoms in total. The number of nitrogens with two attached hydrogens (primary N) is 1. The van der Waals surface area contributed by atoms with E-state index in [1.165, 1.54) is 0 Å². The van der Waals surface area contributed by atoms with Crippen LogP contribution in [0.1, 0.15) is 51.6 Å². The van der Waals surface area contributed by atoms with Gasteiger partial charge in [0.15, 0.2) is 0 Å². The van der Waals surface area contributed by atoms with Gasteiger partial charge in [-0.25, -0.2) is 4.98 Å². The summed E-state index contributed by atoms with van der Waals surface area (Å²) in [6.45, 7) is 2.17. The summed E-state index contributed by atoms with van der Waals surface area (Å²) in [5.41, 5.74) is 10.5. The highest BCUT2D eigenvalue weighted by atomic mass is 16.2. The van der Waals surface area contributed by atoms with Gasteiger partial charge >= 0.3 is 0 Å². The monoisotopic (exact) mass is 442 g/mol. The molecule has 3 unspecified atom stereocenters. The molecule has 33 heavy (non-hydrogen) atoms. The van der Waals surface area contributed by atoms with Crippen molar-refractivity contribution in [2.24, 2.45) is 11.8 Å². The first kappa shape index (κ1) is 20.0. The van der Waals surface area contributed by atoms with E-state index in [1.807, 2.05) is 11.0 Å². The number of carbonyl (C=O) groups is 2. The number of nitrogens with zero attached hydrogens (tertiary/aromatic N) is 4. The van der Waals surface area contributed by atoms with Crippen molar-refractivity contribution in [2.45, 2.75) is 38.4 Å². The van der Waals surface area contributed by atoms with Gasteiger partial charge in [-0.2, -0.15) is 5.10 Å². The molecule has 168 valence electrons. The third-order valence-corrected chi connectivity index (χ3v) is 7.02. The molecule has 3 aromatic rings. The Labute approximate surface area is 191 Å². The van der Waals surface area contributed by atoms with Gasteiger partial charge in [-0.1, -0.05) is 30.3 Å². The molecule has 1 saturated carbocycles. The number of benzene rings is 1. The van der Waals surface area contributed by atoms with Crippen LogP contribution in [0.25, 0.3) is 0 Å². The fourth-order valence-corrected chi connectivity index (χ4v) is 5.10. The summed E-state index contributed by atoms with van der Waals surface area (Å²) in [7, 11) is 0. The lowest BCUT2D eigenvalue weighted by molar-refractivity contribution is -0.130. The molecule has 1 aliphatic heterocycles. The van der Waals surface area contributed by atoms with Gasteiger partial charge < -0.3 is 16.0 Å². The summed E-state index contributed by atoms with van der Waals surface area (Å²) >= 11 is 0. The highest BCUT2D eigenvalue weighted by Gasteiger charge is 2.51. The number of nitrogen functional groups attached to an aromatic ring is 1. The minimum absolute atomic E-state index is 0.0510. The summed E-state index contributed by atoms with van der Waals surface area (Å²) in [6.07, 6.45) is 6.09. The minimum Gasteiger partial charge on any atom is -0.384 e. The maximum absolute atomic E-state index is 12.8. The lowest BCUT2D eigenvalue weighted by atomic mass is 10.1. The number of aryl methyl sites for hydroxylation is 1. The molecular weight excluding hydrogens is 416 g/mol. The molecule has 2 amide bonds. The number of pyridine rings is 1. The first-order chi connectivity index (χ1) is 16.0. The third-order valence-electron chi connectivity index (χ3n) is 7.02. The van der Waals surface area contributed by atoms with Crippen molar-refractivity contribution < 1.29 is 9.59 Å². The van der Waals surface area contributed by atoms with Gasteiger partial charge in [0.2, 0.25) is 5.91 Å². The predicted molar refractivity (Wildman–Crippen MR) is 122 cm³/mol. The molecule has 3 atom stereocenters. The fraction of sp³-hybridized carbons (Fsp3) is 0.360. The fourth-order valence-electron chi connectivity index (χ4n) is 5.10. The van der Waals surface area contributed by atoms with Crippen LogP contribution in [-0.4, -0.2) is 38.0 Å². The van der Waals surface area contributed by atoms with Crippen LogP contribution in [0.3, 0.4) is 0 Å². The van der Waals surface area contributed by atoms with E-state index in [-0.39, 0.29) is 11.9 Å². The van der Waals surface area contributed by atoms with Gasteiger partial charge in [-0.05, 0) is 47.9 Å². The van der Waals surface area contributed by atoms with Crippen LogP contribution in [0.4, 0.5) is 5.82 Å². The normalized spacial score (nSPS) is 22.8. The van der Waals surface area contributed by atoms with Crippen LogP contribution in [0.15, 0.2) is 48.8 Å². The van der Waals surface area contributed by atoms with E-state index >= 15 is 0 Å². The number of fused-ring (bicyclic) bond motifs is 2. The zero-order chi connectivity index (χ0) is 22.5. The predicted octanol–water partition coefficient (Wildman–Crippen LogP) is 2.30. The minimum atomic E-state index is -0.139. The molecule has 2 aliphatic carbocycles. The Bertz CT molecular complexity index is 1230. The number of rotatable bonds is 6. The number of hydrogen-bond donors (Lipinski definition) is 2. The molecule has 0 bridgehead atoms. The first-order valence-electron chi connectivity index (χ1n) is 11.5. The molecule has 3 aliphatic rings. The molecule has 6 rings (SSSR count). The molecule has 1 saturated heterocycles. The Morgan fingerprint density at radius 1 is 1.12 bits per heavy atom. The quantitative estimate of drug-likeness (QED) is 0.609. The number of hydrogen-bond acceptors (Lipinski definition) is 5. The molecule has 0 spiro atoms. The number of aromatic nitrogens is 3. The molecule has 2 fully saturated rings. The number of carbonyl (C=O) groups excluding carboxylic acids is 2. The summed E-state index contributed by atoms with van der Waals surface area (Å²) in [5.74, 6) is 1.58. The highest BCUT2D eigenvalue weighted by Crippen LogP contribution is 2.46. The van der Waals surface area contributed by atoms with Crippen LogP contribution in [0.2, 0.25) is 0 Å². The van der Waals surface area contributed by atoms with E-state index in [4.69, 9.17) is 5.73 Å². The number of likely N-dealkylation sites (tertiary alicyclic amines) is 1. The van der Waals surface area contributed by atoms with E-state index in [1.54, 1.807) is 23.1 Å². The zero-order valence-corrected chi connectivity index (χ0v) is 18.3. The number of nitrogens with one attached hydrogen (secondary N) is 1. The Hall–Kier alpha value is -3.68. The largest absolute Gasteiger partial charge is 0.384 e. The zero-order valence-electron chi connectivity index (χ0n) is 18.3. The number of amides is 2. The molecule has 3 heterocycles. The lowest BCUT2D eigenvalue weighted by Crippen LogP contribution is -2.27. The van der Waals surface area contributed by atoms with Crippen LogP contribution in [0.5, 0.6) is 0 Å². The van der Waals surface area contributed by atoms with Crippen LogP contribution in [0, 0.1) is 11.8 Å². The maximum atomic E-state index is 12.8. The molecular formula is C25H26N6O2. The Kier molecular flexibility index (Phi) is 4.67. The Morgan fingerprint density at radius 2 is 1.91 bits per heavy atom. The number of piperidine rings is 1. The standard InChI is InChI=1S/C25H26N6O2/c26-23-8-5-19-21(28-23)6-7-22(19)29-24(32)18-10-27-31(14-18)12-16-3-1-15(2-4-16)11-30-13-17-9-20(17)25(30)33/h1-5,8,10,14,17,20,22H,6-7,9,11-13H2,(H2,26,28)(H,29,32). The van der Waals surface area contributed by atoms with E-state index in [0.29, 0.717) is 42.2 Å². The third kappa shape index (κ3) is 3.86. The van der Waals surface area contributed by atoms with Crippen molar-refractivity contribution in [1.29, 1.82) is 0 Å². The SMILES string of the molecule is Nc1ccc2c(n1)CCC2NC(=O)c1cnn(Cc2ccc(CN3CC4CC4C3=O)cc2)c1. The van der Waals surface area contributed by atoms with Gasteiger partial charge in [-0.3, -0.25) is 14.3 Å². The van der Waals surface area contributed by atoms with Gasteiger partial charge in [0, 0.05) is 30.9 Å². The average Bonchev–Trinajstić information content (AvgIpc) is 3.10.